The summed E-state index contributed by atoms with van der Waals surface area (Å²) in [4.78, 5) is 27.5. The van der Waals surface area contributed by atoms with Crippen LogP contribution in [0.4, 0.5) is 26.7 Å². The Morgan fingerprint density at radius 2 is 1.76 bits per heavy atom. The highest BCUT2D eigenvalue weighted by atomic mass is 32.2. The van der Waals surface area contributed by atoms with Crippen molar-refractivity contribution in [1.82, 2.24) is 9.80 Å². The molecule has 1 unspecified atom stereocenters. The van der Waals surface area contributed by atoms with Crippen molar-refractivity contribution in [3.63, 3.8) is 0 Å². The van der Waals surface area contributed by atoms with Crippen molar-refractivity contribution in [2.45, 2.75) is 24.6 Å². The Morgan fingerprint density at radius 3 is 2.37 bits per heavy atom. The molecular weight excluding hydrogens is 543 g/mol. The van der Waals surface area contributed by atoms with Gasteiger partial charge in [-0.25, -0.2) is 18.4 Å². The molecule has 15 heteroatoms. The van der Waals surface area contributed by atoms with E-state index in [9.17, 15) is 40.0 Å². The summed E-state index contributed by atoms with van der Waals surface area (Å²) in [6.07, 6.45) is -3.54. The molecule has 9 nitrogen and oxygen atoms in total. The predicted octanol–water partition coefficient (Wildman–Crippen LogP) is 3.96. The fraction of sp³-hybridized carbons (Fsp3) is 0.391. The molecule has 1 aliphatic heterocycles. The SMILES string of the molecule is COC(=O)c1ccc(C2CN(CC(F)F)CCN2C(=O)OCc2ccccc2)cc1OS(=O)(=O)C(F)(F)F. The number of hydrogen-bond donors (Lipinski definition) is 0. The highest BCUT2D eigenvalue weighted by molar-refractivity contribution is 7.88. The lowest BCUT2D eigenvalue weighted by Crippen LogP contribution is -2.51. The fourth-order valence-electron chi connectivity index (χ4n) is 3.77. The number of ether oxygens (including phenoxy) is 2. The average Bonchev–Trinajstić information content (AvgIpc) is 2.86. The maximum Gasteiger partial charge on any atom is 0.534 e. The van der Waals surface area contributed by atoms with Gasteiger partial charge in [-0.3, -0.25) is 9.80 Å². The average molecular weight is 567 g/mol. The van der Waals surface area contributed by atoms with Gasteiger partial charge < -0.3 is 13.7 Å². The molecule has 0 radical (unpaired) electrons. The number of nitrogens with zero attached hydrogens (tertiary/aromatic N) is 2. The number of piperazine rings is 1. The molecule has 0 spiro atoms. The predicted molar refractivity (Wildman–Crippen MR) is 122 cm³/mol. The molecular formula is C23H23F5N2O7S. The highest BCUT2D eigenvalue weighted by Crippen LogP contribution is 2.34. The normalized spacial score (nSPS) is 16.8. The van der Waals surface area contributed by atoms with E-state index in [-0.39, 0.29) is 31.8 Å². The summed E-state index contributed by atoms with van der Waals surface area (Å²) in [5.41, 5.74) is -5.75. The first kappa shape index (κ1) is 29.1. The number of amides is 1. The van der Waals surface area contributed by atoms with Crippen molar-refractivity contribution in [2.75, 3.05) is 33.3 Å². The summed E-state index contributed by atoms with van der Waals surface area (Å²) in [5.74, 6) is -2.19. The van der Waals surface area contributed by atoms with Gasteiger partial charge in [0.15, 0.2) is 5.75 Å². The number of esters is 1. The third kappa shape index (κ3) is 7.10. The zero-order valence-corrected chi connectivity index (χ0v) is 20.7. The zero-order valence-electron chi connectivity index (χ0n) is 19.9. The van der Waals surface area contributed by atoms with Crippen LogP contribution in [0, 0.1) is 0 Å². The van der Waals surface area contributed by atoms with Crippen LogP contribution in [0.1, 0.15) is 27.5 Å². The summed E-state index contributed by atoms with van der Waals surface area (Å²) in [6, 6.07) is 10.6. The van der Waals surface area contributed by atoms with Crippen molar-refractivity contribution >= 4 is 22.2 Å². The molecule has 1 saturated heterocycles. The molecule has 0 aromatic heterocycles. The van der Waals surface area contributed by atoms with Gasteiger partial charge in [0.1, 0.15) is 12.2 Å². The Kier molecular flexibility index (Phi) is 9.14. The molecule has 3 rings (SSSR count). The number of carbonyl (C=O) groups is 2. The molecule has 2 aromatic carbocycles. The lowest BCUT2D eigenvalue weighted by atomic mass is 10.00. The molecule has 0 N–H and O–H groups in total. The molecule has 1 heterocycles. The minimum Gasteiger partial charge on any atom is -0.465 e. The van der Waals surface area contributed by atoms with Gasteiger partial charge >= 0.3 is 27.7 Å². The van der Waals surface area contributed by atoms with E-state index in [1.165, 1.54) is 15.9 Å². The van der Waals surface area contributed by atoms with Crippen LogP contribution >= 0.6 is 0 Å². The Hall–Kier alpha value is -3.46. The molecule has 38 heavy (non-hydrogen) atoms. The second-order valence-electron chi connectivity index (χ2n) is 8.13. The summed E-state index contributed by atoms with van der Waals surface area (Å²) >= 11 is 0. The summed E-state index contributed by atoms with van der Waals surface area (Å²) in [6.45, 7) is -0.972. The van der Waals surface area contributed by atoms with E-state index < -0.39 is 58.0 Å². The Labute approximate surface area is 214 Å². The van der Waals surface area contributed by atoms with Crippen molar-refractivity contribution in [3.8, 4) is 5.75 Å². The van der Waals surface area contributed by atoms with Crippen LogP contribution in [0.2, 0.25) is 0 Å². The van der Waals surface area contributed by atoms with Gasteiger partial charge in [0.05, 0.1) is 19.7 Å². The lowest BCUT2D eigenvalue weighted by molar-refractivity contribution is -0.0500. The fourth-order valence-corrected chi connectivity index (χ4v) is 4.23. The molecule has 1 atom stereocenters. The van der Waals surface area contributed by atoms with Crippen LogP contribution in [0.5, 0.6) is 5.75 Å². The number of benzene rings is 2. The maximum absolute atomic E-state index is 13.1. The molecule has 1 amide bonds. The lowest BCUT2D eigenvalue weighted by Gasteiger charge is -2.41. The molecule has 0 bridgehead atoms. The van der Waals surface area contributed by atoms with Crippen LogP contribution in [0.3, 0.4) is 0 Å². The number of rotatable bonds is 8. The molecule has 1 fully saturated rings. The third-order valence-corrected chi connectivity index (χ3v) is 6.54. The van der Waals surface area contributed by atoms with Crippen LogP contribution in [-0.2, 0) is 26.2 Å². The first-order valence-corrected chi connectivity index (χ1v) is 12.4. The Morgan fingerprint density at radius 1 is 1.08 bits per heavy atom. The number of halogens is 5. The van der Waals surface area contributed by atoms with E-state index in [4.69, 9.17) is 4.74 Å². The van der Waals surface area contributed by atoms with E-state index in [0.717, 1.165) is 19.2 Å². The standard InChI is InChI=1S/C23H23F5N2O7S/c1-35-21(31)17-8-7-16(11-19(17)37-38(33,34)23(26,27)28)18-12-29(13-20(24)25)9-10-30(18)22(32)36-14-15-5-3-2-4-6-15/h2-8,11,18,20H,9-10,12-14H2,1H3. The summed E-state index contributed by atoms with van der Waals surface area (Å²) in [5, 5.41) is 0. The van der Waals surface area contributed by atoms with Crippen LogP contribution < -0.4 is 4.18 Å². The quantitative estimate of drug-likeness (QED) is 0.205. The van der Waals surface area contributed by atoms with Gasteiger partial charge in [0.25, 0.3) is 6.43 Å². The van der Waals surface area contributed by atoms with Crippen molar-refractivity contribution in [2.24, 2.45) is 0 Å². The van der Waals surface area contributed by atoms with E-state index in [0.29, 0.717) is 5.56 Å². The van der Waals surface area contributed by atoms with Gasteiger partial charge in [0.2, 0.25) is 0 Å². The largest absolute Gasteiger partial charge is 0.534 e. The second kappa shape index (κ2) is 11.9. The topological polar surface area (TPSA) is 102 Å². The summed E-state index contributed by atoms with van der Waals surface area (Å²) in [7, 11) is -5.26. The van der Waals surface area contributed by atoms with E-state index >= 15 is 0 Å². The molecule has 2 aromatic rings. The number of carbonyl (C=O) groups excluding carboxylic acids is 2. The second-order valence-corrected chi connectivity index (χ2v) is 9.67. The minimum absolute atomic E-state index is 0.0145. The molecule has 0 saturated carbocycles. The van der Waals surface area contributed by atoms with Crippen LogP contribution in [0.25, 0.3) is 0 Å². The van der Waals surface area contributed by atoms with E-state index in [1.54, 1.807) is 30.3 Å². The number of methoxy groups -OCH3 is 1. The summed E-state index contributed by atoms with van der Waals surface area (Å²) < 4.78 is 102. The van der Waals surface area contributed by atoms with Crippen molar-refractivity contribution in [1.29, 1.82) is 0 Å². The van der Waals surface area contributed by atoms with Crippen LogP contribution in [0.15, 0.2) is 48.5 Å². The minimum atomic E-state index is -6.18. The molecule has 208 valence electrons. The van der Waals surface area contributed by atoms with E-state index in [2.05, 4.69) is 8.92 Å². The smallest absolute Gasteiger partial charge is 0.465 e. The maximum atomic E-state index is 13.1. The van der Waals surface area contributed by atoms with Crippen molar-refractivity contribution < 1.29 is 53.6 Å². The number of alkyl halides is 5. The van der Waals surface area contributed by atoms with Gasteiger partial charge in [-0.2, -0.15) is 21.6 Å². The molecule has 0 aliphatic carbocycles. The highest BCUT2D eigenvalue weighted by Gasteiger charge is 2.49. The zero-order chi connectivity index (χ0) is 28.1. The van der Waals surface area contributed by atoms with Crippen LogP contribution in [-0.4, -0.2) is 75.5 Å². The Balaban J connectivity index is 1.97. The first-order valence-electron chi connectivity index (χ1n) is 11.0. The monoisotopic (exact) mass is 566 g/mol. The van der Waals surface area contributed by atoms with Gasteiger partial charge in [-0.1, -0.05) is 36.4 Å². The van der Waals surface area contributed by atoms with Crippen molar-refractivity contribution in [3.05, 3.63) is 65.2 Å². The number of hydrogen-bond acceptors (Lipinski definition) is 8. The third-order valence-electron chi connectivity index (χ3n) is 5.58. The van der Waals surface area contributed by atoms with E-state index in [1.807, 2.05) is 0 Å². The van der Waals surface area contributed by atoms with Gasteiger partial charge in [-0.05, 0) is 23.3 Å². The first-order chi connectivity index (χ1) is 17.8. The Bertz CT molecular complexity index is 1240. The van der Waals surface area contributed by atoms with Gasteiger partial charge in [0, 0.05) is 19.6 Å². The van der Waals surface area contributed by atoms with Gasteiger partial charge in [-0.15, -0.1) is 0 Å². The molecule has 1 aliphatic rings.